The molecule has 6 nitrogen and oxygen atoms in total. The summed E-state index contributed by atoms with van der Waals surface area (Å²) >= 11 is 2.72. The summed E-state index contributed by atoms with van der Waals surface area (Å²) in [6, 6.07) is 16.3. The Bertz CT molecular complexity index is 1390. The van der Waals surface area contributed by atoms with E-state index in [0.29, 0.717) is 22.7 Å². The van der Waals surface area contributed by atoms with Crippen molar-refractivity contribution >= 4 is 40.6 Å². The molecule has 9 heteroatoms. The SMILES string of the molecule is O=C(NCc1cnc(-c2ccc(O)cc2)s1)c1ccc2c(c1)NC(=O)c1c(F)cccc1S2. The third-order valence-electron chi connectivity index (χ3n) is 5.00. The van der Waals surface area contributed by atoms with Crippen LogP contribution in [-0.2, 0) is 6.54 Å². The number of hydrogen-bond acceptors (Lipinski definition) is 6. The second kappa shape index (κ2) is 8.68. The summed E-state index contributed by atoms with van der Waals surface area (Å²) in [5.41, 5.74) is 1.72. The van der Waals surface area contributed by atoms with Crippen LogP contribution in [0.4, 0.5) is 10.1 Å². The molecule has 0 unspecified atom stereocenters. The molecule has 164 valence electrons. The predicted molar refractivity (Wildman–Crippen MR) is 125 cm³/mol. The Morgan fingerprint density at radius 2 is 1.91 bits per heavy atom. The zero-order chi connectivity index (χ0) is 22.9. The van der Waals surface area contributed by atoms with Gasteiger partial charge in [-0.3, -0.25) is 9.59 Å². The van der Waals surface area contributed by atoms with E-state index in [-0.39, 0.29) is 17.2 Å². The second-order valence-electron chi connectivity index (χ2n) is 7.24. The van der Waals surface area contributed by atoms with E-state index < -0.39 is 11.7 Å². The number of rotatable bonds is 4. The van der Waals surface area contributed by atoms with Crippen molar-refractivity contribution in [3.05, 3.63) is 88.7 Å². The lowest BCUT2D eigenvalue weighted by Crippen LogP contribution is -2.22. The molecule has 0 atom stereocenters. The highest BCUT2D eigenvalue weighted by Gasteiger charge is 2.24. The lowest BCUT2D eigenvalue weighted by atomic mass is 10.1. The summed E-state index contributed by atoms with van der Waals surface area (Å²) in [5.74, 6) is -1.24. The molecule has 0 spiro atoms. The number of fused-ring (bicyclic) bond motifs is 2. The molecule has 2 heterocycles. The summed E-state index contributed by atoms with van der Waals surface area (Å²) in [6.45, 7) is 0.295. The lowest BCUT2D eigenvalue weighted by Gasteiger charge is -2.09. The minimum atomic E-state index is -0.584. The van der Waals surface area contributed by atoms with Crippen molar-refractivity contribution in [2.24, 2.45) is 0 Å². The molecule has 0 fully saturated rings. The Hall–Kier alpha value is -3.69. The lowest BCUT2D eigenvalue weighted by molar-refractivity contribution is 0.0949. The first-order chi connectivity index (χ1) is 16.0. The largest absolute Gasteiger partial charge is 0.508 e. The first-order valence-electron chi connectivity index (χ1n) is 9.92. The summed E-state index contributed by atoms with van der Waals surface area (Å²) in [4.78, 5) is 31.8. The molecule has 0 radical (unpaired) electrons. The van der Waals surface area contributed by atoms with E-state index in [9.17, 15) is 19.1 Å². The molecule has 5 rings (SSSR count). The van der Waals surface area contributed by atoms with Crippen LogP contribution in [0.1, 0.15) is 25.6 Å². The van der Waals surface area contributed by atoms with Gasteiger partial charge in [-0.1, -0.05) is 17.8 Å². The van der Waals surface area contributed by atoms with Gasteiger partial charge in [-0.25, -0.2) is 9.37 Å². The van der Waals surface area contributed by atoms with E-state index in [0.717, 1.165) is 20.3 Å². The minimum Gasteiger partial charge on any atom is -0.508 e. The van der Waals surface area contributed by atoms with Crippen LogP contribution in [0.2, 0.25) is 0 Å². The van der Waals surface area contributed by atoms with Crippen LogP contribution in [0.5, 0.6) is 5.75 Å². The van der Waals surface area contributed by atoms with Crippen LogP contribution >= 0.6 is 23.1 Å². The molecule has 0 aliphatic carbocycles. The van der Waals surface area contributed by atoms with Gasteiger partial charge in [0.05, 0.1) is 17.8 Å². The Kier molecular flexibility index (Phi) is 5.57. The highest BCUT2D eigenvalue weighted by molar-refractivity contribution is 7.99. The van der Waals surface area contributed by atoms with Crippen LogP contribution in [0.25, 0.3) is 10.6 Å². The van der Waals surface area contributed by atoms with Gasteiger partial charge in [0.2, 0.25) is 0 Å². The van der Waals surface area contributed by atoms with Crippen LogP contribution < -0.4 is 10.6 Å². The van der Waals surface area contributed by atoms with Gasteiger partial charge < -0.3 is 15.7 Å². The molecule has 0 bridgehead atoms. The first kappa shape index (κ1) is 21.2. The topological polar surface area (TPSA) is 91.3 Å². The van der Waals surface area contributed by atoms with E-state index in [1.807, 2.05) is 0 Å². The highest BCUT2D eigenvalue weighted by Crippen LogP contribution is 2.39. The summed E-state index contributed by atoms with van der Waals surface area (Å²) < 4.78 is 14.2. The fourth-order valence-electron chi connectivity index (χ4n) is 3.37. The monoisotopic (exact) mass is 477 g/mol. The number of aromatic nitrogens is 1. The van der Waals surface area contributed by atoms with Gasteiger partial charge in [0.25, 0.3) is 11.8 Å². The minimum absolute atomic E-state index is 0.000621. The number of carbonyl (C=O) groups is 2. The van der Waals surface area contributed by atoms with E-state index in [1.165, 1.54) is 29.2 Å². The summed E-state index contributed by atoms with van der Waals surface area (Å²) in [5, 5.41) is 15.8. The second-order valence-corrected chi connectivity index (χ2v) is 9.44. The van der Waals surface area contributed by atoms with Crippen molar-refractivity contribution in [3.8, 4) is 16.3 Å². The molecule has 0 saturated heterocycles. The van der Waals surface area contributed by atoms with E-state index >= 15 is 0 Å². The van der Waals surface area contributed by atoms with Crippen molar-refractivity contribution in [2.75, 3.05) is 5.32 Å². The van der Waals surface area contributed by atoms with Gasteiger partial charge in [0.15, 0.2) is 0 Å². The molecular weight excluding hydrogens is 461 g/mol. The quantitative estimate of drug-likeness (QED) is 0.371. The van der Waals surface area contributed by atoms with Gasteiger partial charge in [-0.05, 0) is 54.6 Å². The van der Waals surface area contributed by atoms with Crippen molar-refractivity contribution in [2.45, 2.75) is 16.3 Å². The number of aromatic hydroxyl groups is 1. The van der Waals surface area contributed by atoms with Crippen molar-refractivity contribution in [1.29, 1.82) is 0 Å². The van der Waals surface area contributed by atoms with E-state index in [1.54, 1.807) is 60.8 Å². The molecule has 1 aromatic heterocycles. The number of halogens is 1. The molecule has 33 heavy (non-hydrogen) atoms. The van der Waals surface area contributed by atoms with Gasteiger partial charge in [-0.15, -0.1) is 11.3 Å². The molecule has 1 aliphatic heterocycles. The predicted octanol–water partition coefficient (Wildman–Crippen LogP) is 5.30. The number of nitrogens with zero attached hydrogens (tertiary/aromatic N) is 1. The normalized spacial score (nSPS) is 12.3. The number of phenolic OH excluding ortho intramolecular Hbond substituents is 1. The average Bonchev–Trinajstić information content (AvgIpc) is 3.22. The smallest absolute Gasteiger partial charge is 0.259 e. The molecule has 0 saturated carbocycles. The van der Waals surface area contributed by atoms with Crippen LogP contribution in [0.3, 0.4) is 0 Å². The number of carbonyl (C=O) groups excluding carboxylic acids is 2. The fraction of sp³-hybridized carbons (Fsp3) is 0.0417. The highest BCUT2D eigenvalue weighted by atomic mass is 32.2. The summed E-state index contributed by atoms with van der Waals surface area (Å²) in [7, 11) is 0. The fourth-order valence-corrected chi connectivity index (χ4v) is 5.26. The number of hydrogen-bond donors (Lipinski definition) is 3. The Morgan fingerprint density at radius 1 is 1.09 bits per heavy atom. The van der Waals surface area contributed by atoms with E-state index in [2.05, 4.69) is 15.6 Å². The Morgan fingerprint density at radius 3 is 2.73 bits per heavy atom. The van der Waals surface area contributed by atoms with E-state index in [4.69, 9.17) is 0 Å². The number of anilines is 1. The molecular formula is C24H16FN3O3S2. The van der Waals surface area contributed by atoms with Crippen LogP contribution in [-0.4, -0.2) is 21.9 Å². The summed E-state index contributed by atoms with van der Waals surface area (Å²) in [6.07, 6.45) is 1.70. The Balaban J connectivity index is 1.29. The first-order valence-corrected chi connectivity index (χ1v) is 11.6. The standard InChI is InChI=1S/C24H16FN3O3S2/c25-17-2-1-3-20-21(17)23(31)28-18-10-14(6-9-19(18)33-20)22(30)26-11-16-12-27-24(32-16)13-4-7-15(29)8-5-13/h1-10,12,29H,11H2,(H,26,30)(H,28,31). The maximum atomic E-state index is 14.2. The Labute approximate surface area is 196 Å². The van der Waals surface area contributed by atoms with Crippen molar-refractivity contribution < 1.29 is 19.1 Å². The van der Waals surface area contributed by atoms with Gasteiger partial charge in [0, 0.05) is 32.0 Å². The number of thiazole rings is 1. The molecule has 1 aliphatic rings. The van der Waals surface area contributed by atoms with Crippen LogP contribution in [0.15, 0.2) is 76.7 Å². The zero-order valence-electron chi connectivity index (χ0n) is 17.0. The zero-order valence-corrected chi connectivity index (χ0v) is 18.6. The molecule has 4 aromatic rings. The van der Waals surface area contributed by atoms with Gasteiger partial charge in [0.1, 0.15) is 16.6 Å². The number of amides is 2. The van der Waals surface area contributed by atoms with Crippen molar-refractivity contribution in [1.82, 2.24) is 10.3 Å². The van der Waals surface area contributed by atoms with Gasteiger partial charge >= 0.3 is 0 Å². The third-order valence-corrected chi connectivity index (χ3v) is 7.19. The number of nitrogens with one attached hydrogen (secondary N) is 2. The average molecular weight is 478 g/mol. The number of phenols is 1. The maximum absolute atomic E-state index is 14.2. The van der Waals surface area contributed by atoms with Crippen molar-refractivity contribution in [3.63, 3.8) is 0 Å². The number of benzene rings is 3. The molecule has 3 aromatic carbocycles. The van der Waals surface area contributed by atoms with Crippen LogP contribution in [0, 0.1) is 5.82 Å². The van der Waals surface area contributed by atoms with Gasteiger partial charge in [-0.2, -0.15) is 0 Å². The molecule has 2 amide bonds. The maximum Gasteiger partial charge on any atom is 0.259 e. The third kappa shape index (κ3) is 4.33. The molecule has 3 N–H and O–H groups in total.